The number of anilines is 3. The van der Waals surface area contributed by atoms with Crippen LogP contribution in [0.1, 0.15) is 98.5 Å². The van der Waals surface area contributed by atoms with Crippen molar-refractivity contribution in [3.63, 3.8) is 0 Å². The Balaban J connectivity index is 0.967. The zero-order valence-corrected chi connectivity index (χ0v) is 42.9. The van der Waals surface area contributed by atoms with Gasteiger partial charge in [-0.15, -0.1) is 0 Å². The Labute approximate surface area is 424 Å². The molecule has 0 saturated heterocycles. The maximum Gasteiger partial charge on any atom is 0.143 e. The van der Waals surface area contributed by atoms with Gasteiger partial charge in [-0.3, -0.25) is 0 Å². The first-order chi connectivity index (χ1) is 34.5. The Morgan fingerprint density at radius 1 is 0.500 bits per heavy atom. The van der Waals surface area contributed by atoms with Crippen molar-refractivity contribution in [2.24, 2.45) is 0 Å². The van der Waals surface area contributed by atoms with Gasteiger partial charge >= 0.3 is 0 Å². The summed E-state index contributed by atoms with van der Waals surface area (Å²) in [4.78, 5) is 2.47. The normalized spacial score (nSPS) is 16.2. The summed E-state index contributed by atoms with van der Waals surface area (Å²) in [5, 5.41) is 4.79. The van der Waals surface area contributed by atoms with Crippen molar-refractivity contribution in [3.05, 3.63) is 244 Å². The van der Waals surface area contributed by atoms with Crippen LogP contribution >= 0.6 is 0 Å². The van der Waals surface area contributed by atoms with Crippen LogP contribution in [0.5, 0.6) is 0 Å². The zero-order valence-electron chi connectivity index (χ0n) is 42.9. The molecule has 0 unspecified atom stereocenters. The highest BCUT2D eigenvalue weighted by molar-refractivity contribution is 6.19. The van der Waals surface area contributed by atoms with Gasteiger partial charge in [0.25, 0.3) is 0 Å². The van der Waals surface area contributed by atoms with E-state index in [1.807, 2.05) is 0 Å². The van der Waals surface area contributed by atoms with Gasteiger partial charge in [-0.1, -0.05) is 163 Å². The summed E-state index contributed by atoms with van der Waals surface area (Å²) in [6.07, 6.45) is 0. The van der Waals surface area contributed by atoms with E-state index in [0.717, 1.165) is 55.9 Å². The third kappa shape index (κ3) is 6.14. The number of benzene rings is 9. The van der Waals surface area contributed by atoms with Crippen molar-refractivity contribution >= 4 is 60.9 Å². The number of furan rings is 1. The maximum atomic E-state index is 6.89. The van der Waals surface area contributed by atoms with Crippen LogP contribution in [0.4, 0.5) is 17.1 Å². The monoisotopic (exact) mass is 929 g/mol. The van der Waals surface area contributed by atoms with E-state index in [-0.39, 0.29) is 16.2 Å². The molecule has 0 N–H and O–H groups in total. The third-order valence-corrected chi connectivity index (χ3v) is 17.0. The summed E-state index contributed by atoms with van der Waals surface area (Å²) in [6.45, 7) is 30.2. The van der Waals surface area contributed by atoms with E-state index in [1.54, 1.807) is 0 Å². The van der Waals surface area contributed by atoms with Gasteiger partial charge in [0.15, 0.2) is 0 Å². The lowest BCUT2D eigenvalue weighted by atomic mass is 9.79. The first kappa shape index (κ1) is 44.0. The highest BCUT2D eigenvalue weighted by Gasteiger charge is 2.44. The first-order valence-corrected chi connectivity index (χ1v) is 25.5. The standard InChI is InChI=1S/C70H59NO/c1-40(2)63(50-21-15-12-18-42(50)4)64-43(5)68(6,7)60-38-55-51-32-30-48(35-57(51)69(8,9)59(55)39-56(60)64)71(47-28-24-41(3)25-29-47)49-31-33-52-58(36-49)70(10,11)61-37-54(46-27-26-44-19-13-14-20-45(44)34-46)67-66(65(52)61)53-22-16-17-23-62(53)72-67/h12-39H,1,5H2,2-4,6-11H3/b64-63-. The topological polar surface area (TPSA) is 16.4 Å². The summed E-state index contributed by atoms with van der Waals surface area (Å²) >= 11 is 0. The summed E-state index contributed by atoms with van der Waals surface area (Å²) in [6, 6.07) is 63.5. The van der Waals surface area contributed by atoms with Crippen molar-refractivity contribution in [3.8, 4) is 33.4 Å². The van der Waals surface area contributed by atoms with E-state index >= 15 is 0 Å². The molecule has 2 nitrogen and oxygen atoms in total. The fraction of sp³-hybridized carbons (Fsp3) is 0.171. The van der Waals surface area contributed by atoms with Gasteiger partial charge in [0, 0.05) is 49.6 Å². The summed E-state index contributed by atoms with van der Waals surface area (Å²) < 4.78 is 6.89. The number of hydrogen-bond donors (Lipinski definition) is 0. The molecule has 13 rings (SSSR count). The number of hydrogen-bond acceptors (Lipinski definition) is 2. The fourth-order valence-corrected chi connectivity index (χ4v) is 12.9. The molecule has 10 aromatic rings. The van der Waals surface area contributed by atoms with E-state index in [1.165, 1.54) is 99.6 Å². The van der Waals surface area contributed by atoms with Crippen LogP contribution in [0.2, 0.25) is 0 Å². The SMILES string of the molecule is C=C(C)/C(=C1\C(=C)C(C)(C)c2cc3c(cc21)C(C)(C)c1cc(N(c2ccc(C)cc2)c2ccc4c(c2)C(C)(C)c2cc(-c5ccc6ccccc6c5)c5oc6ccccc6c5c2-4)ccc1-3)c1ccccc1C. The van der Waals surface area contributed by atoms with Gasteiger partial charge in [0.2, 0.25) is 0 Å². The molecule has 72 heavy (non-hydrogen) atoms. The van der Waals surface area contributed by atoms with E-state index in [4.69, 9.17) is 11.0 Å². The molecule has 9 aromatic carbocycles. The Kier molecular flexibility index (Phi) is 9.35. The minimum atomic E-state index is -0.310. The number of para-hydroxylation sites is 1. The van der Waals surface area contributed by atoms with Crippen LogP contribution < -0.4 is 4.90 Å². The number of rotatable bonds is 6. The zero-order chi connectivity index (χ0) is 49.7. The lowest BCUT2D eigenvalue weighted by molar-refractivity contribution is 0.652. The fourth-order valence-electron chi connectivity index (χ4n) is 12.9. The number of aryl methyl sites for hydroxylation is 2. The third-order valence-electron chi connectivity index (χ3n) is 17.0. The molecule has 0 radical (unpaired) electrons. The molecule has 3 aliphatic rings. The number of nitrogens with zero attached hydrogens (tertiary/aromatic N) is 1. The molecule has 0 spiro atoms. The van der Waals surface area contributed by atoms with E-state index in [0.29, 0.717) is 0 Å². The molecule has 1 aromatic heterocycles. The summed E-state index contributed by atoms with van der Waals surface area (Å²) in [7, 11) is 0. The van der Waals surface area contributed by atoms with Gasteiger partial charge in [-0.2, -0.15) is 0 Å². The van der Waals surface area contributed by atoms with Crippen molar-refractivity contribution < 1.29 is 4.42 Å². The van der Waals surface area contributed by atoms with Crippen LogP contribution in [0.3, 0.4) is 0 Å². The lowest BCUT2D eigenvalue weighted by Gasteiger charge is -2.30. The quantitative estimate of drug-likeness (QED) is 0.165. The van der Waals surface area contributed by atoms with Crippen LogP contribution in [0, 0.1) is 13.8 Å². The molecule has 0 fully saturated rings. The second-order valence-corrected chi connectivity index (χ2v) is 22.5. The molecule has 0 saturated carbocycles. The predicted octanol–water partition coefficient (Wildman–Crippen LogP) is 19.4. The minimum Gasteiger partial charge on any atom is -0.455 e. The molecular formula is C70H59NO. The maximum absolute atomic E-state index is 6.89. The van der Waals surface area contributed by atoms with Gasteiger partial charge in [-0.05, 0) is 193 Å². The highest BCUT2D eigenvalue weighted by Crippen LogP contribution is 2.60. The summed E-state index contributed by atoms with van der Waals surface area (Å²) in [5.74, 6) is 0. The molecule has 0 amide bonds. The second-order valence-electron chi connectivity index (χ2n) is 22.5. The van der Waals surface area contributed by atoms with Gasteiger partial charge in [0.05, 0.1) is 0 Å². The smallest absolute Gasteiger partial charge is 0.143 e. The molecule has 0 bridgehead atoms. The van der Waals surface area contributed by atoms with Gasteiger partial charge < -0.3 is 9.32 Å². The first-order valence-electron chi connectivity index (χ1n) is 25.5. The van der Waals surface area contributed by atoms with Crippen LogP contribution in [0.25, 0.3) is 77.2 Å². The summed E-state index contributed by atoms with van der Waals surface area (Å²) in [5.41, 5.74) is 28.1. The van der Waals surface area contributed by atoms with Crippen molar-refractivity contribution in [1.29, 1.82) is 0 Å². The van der Waals surface area contributed by atoms with Crippen molar-refractivity contribution in [2.75, 3.05) is 4.90 Å². The molecule has 0 aliphatic heterocycles. The molecule has 0 atom stereocenters. The Hall–Kier alpha value is -7.94. The van der Waals surface area contributed by atoms with Crippen LogP contribution in [0.15, 0.2) is 199 Å². The Morgan fingerprint density at radius 2 is 1.08 bits per heavy atom. The van der Waals surface area contributed by atoms with Crippen LogP contribution in [-0.4, -0.2) is 0 Å². The number of fused-ring (bicyclic) bond motifs is 12. The molecular weight excluding hydrogens is 871 g/mol. The van der Waals surface area contributed by atoms with Crippen molar-refractivity contribution in [1.82, 2.24) is 0 Å². The van der Waals surface area contributed by atoms with Gasteiger partial charge in [0.1, 0.15) is 11.2 Å². The predicted molar refractivity (Wildman–Crippen MR) is 306 cm³/mol. The van der Waals surface area contributed by atoms with E-state index in [9.17, 15) is 0 Å². The Bertz CT molecular complexity index is 4070. The Morgan fingerprint density at radius 3 is 1.82 bits per heavy atom. The second kappa shape index (κ2) is 15.3. The lowest BCUT2D eigenvalue weighted by Crippen LogP contribution is -2.18. The molecule has 2 heteroatoms. The van der Waals surface area contributed by atoms with Gasteiger partial charge in [-0.25, -0.2) is 0 Å². The van der Waals surface area contributed by atoms with E-state index in [2.05, 4.69) is 244 Å². The average molecular weight is 930 g/mol. The number of allylic oxidation sites excluding steroid dienone is 4. The van der Waals surface area contributed by atoms with Crippen LogP contribution in [-0.2, 0) is 16.2 Å². The molecule has 1 heterocycles. The van der Waals surface area contributed by atoms with E-state index < -0.39 is 0 Å². The minimum absolute atomic E-state index is 0.256. The molecule has 3 aliphatic carbocycles. The highest BCUT2D eigenvalue weighted by atomic mass is 16.3. The van der Waals surface area contributed by atoms with Crippen molar-refractivity contribution in [2.45, 2.75) is 78.6 Å². The largest absolute Gasteiger partial charge is 0.455 e. The average Bonchev–Trinajstić information content (AvgIpc) is 4.00. The molecule has 350 valence electrons.